The molecular formula is C18H18ClN3O2. The second-order valence-corrected chi connectivity index (χ2v) is 5.64. The van der Waals surface area contributed by atoms with Crippen molar-refractivity contribution in [3.63, 3.8) is 0 Å². The molecule has 0 unspecified atom stereocenters. The number of para-hydroxylation sites is 3. The Bertz CT molecular complexity index is 804. The van der Waals surface area contributed by atoms with Gasteiger partial charge in [-0.1, -0.05) is 47.9 Å². The van der Waals surface area contributed by atoms with E-state index in [0.29, 0.717) is 29.0 Å². The van der Waals surface area contributed by atoms with Gasteiger partial charge in [-0.05, 0) is 30.7 Å². The van der Waals surface area contributed by atoms with E-state index in [1.165, 1.54) is 0 Å². The first-order chi connectivity index (χ1) is 11.8. The third-order valence-electron chi connectivity index (χ3n) is 3.36. The first-order valence-corrected chi connectivity index (χ1v) is 8.21. The van der Waals surface area contributed by atoms with Crippen molar-refractivity contribution in [2.75, 3.05) is 5.32 Å². The molecule has 0 atom stereocenters. The van der Waals surface area contributed by atoms with Crippen LogP contribution >= 0.6 is 11.6 Å². The van der Waals surface area contributed by atoms with Crippen LogP contribution in [0.3, 0.4) is 0 Å². The van der Waals surface area contributed by atoms with Crippen molar-refractivity contribution in [2.45, 2.75) is 26.3 Å². The van der Waals surface area contributed by atoms with Gasteiger partial charge in [-0.15, -0.1) is 0 Å². The van der Waals surface area contributed by atoms with Crippen molar-refractivity contribution < 1.29 is 9.26 Å². The maximum atomic E-state index is 6.15. The van der Waals surface area contributed by atoms with E-state index in [4.69, 9.17) is 20.9 Å². The smallest absolute Gasteiger partial charge is 0.245 e. The van der Waals surface area contributed by atoms with Crippen molar-refractivity contribution >= 4 is 17.3 Å². The Morgan fingerprint density at radius 1 is 1.08 bits per heavy atom. The van der Waals surface area contributed by atoms with Gasteiger partial charge in [-0.25, -0.2) is 0 Å². The Morgan fingerprint density at radius 3 is 2.62 bits per heavy atom. The van der Waals surface area contributed by atoms with Crippen LogP contribution in [0.25, 0.3) is 0 Å². The minimum atomic E-state index is 0.430. The summed E-state index contributed by atoms with van der Waals surface area (Å²) in [5.41, 5.74) is 0.827. The first kappa shape index (κ1) is 16.3. The van der Waals surface area contributed by atoms with Crippen LogP contribution in [-0.2, 0) is 13.0 Å². The number of rotatable bonds is 7. The number of aromatic nitrogens is 2. The molecule has 0 amide bonds. The summed E-state index contributed by atoms with van der Waals surface area (Å²) in [7, 11) is 0. The van der Waals surface area contributed by atoms with Crippen molar-refractivity contribution in [3.8, 4) is 11.5 Å². The Labute approximate surface area is 145 Å². The Morgan fingerprint density at radius 2 is 1.83 bits per heavy atom. The SMILES string of the molecule is CCCc1noc(CNc2ccccc2Oc2ccccc2Cl)n1. The van der Waals surface area contributed by atoms with Crippen molar-refractivity contribution in [3.05, 3.63) is 65.3 Å². The molecule has 24 heavy (non-hydrogen) atoms. The number of hydrogen-bond donors (Lipinski definition) is 1. The molecule has 0 bridgehead atoms. The van der Waals surface area contributed by atoms with E-state index in [9.17, 15) is 0 Å². The lowest BCUT2D eigenvalue weighted by molar-refractivity contribution is 0.377. The lowest BCUT2D eigenvalue weighted by Gasteiger charge is -2.12. The number of ether oxygens (including phenoxy) is 1. The van der Waals surface area contributed by atoms with E-state index in [0.717, 1.165) is 24.4 Å². The molecule has 0 spiro atoms. The summed E-state index contributed by atoms with van der Waals surface area (Å²) in [5.74, 6) is 2.57. The average Bonchev–Trinajstić information content (AvgIpc) is 3.04. The predicted molar refractivity (Wildman–Crippen MR) is 93.6 cm³/mol. The molecule has 0 saturated carbocycles. The van der Waals surface area contributed by atoms with E-state index >= 15 is 0 Å². The van der Waals surface area contributed by atoms with Crippen LogP contribution in [0, 0.1) is 0 Å². The van der Waals surface area contributed by atoms with E-state index in [2.05, 4.69) is 22.4 Å². The van der Waals surface area contributed by atoms with Gasteiger partial charge in [-0.3, -0.25) is 0 Å². The number of nitrogens with one attached hydrogen (secondary N) is 1. The van der Waals surface area contributed by atoms with Crippen LogP contribution in [0.1, 0.15) is 25.1 Å². The molecule has 3 rings (SSSR count). The molecule has 124 valence electrons. The fraction of sp³-hybridized carbons (Fsp3) is 0.222. The van der Waals surface area contributed by atoms with Gasteiger partial charge in [0.15, 0.2) is 11.6 Å². The van der Waals surface area contributed by atoms with E-state index in [1.54, 1.807) is 6.07 Å². The summed E-state index contributed by atoms with van der Waals surface area (Å²) in [6.45, 7) is 2.51. The maximum absolute atomic E-state index is 6.15. The Hall–Kier alpha value is -2.53. The number of nitrogens with zero attached hydrogens (tertiary/aromatic N) is 2. The van der Waals surface area contributed by atoms with E-state index < -0.39 is 0 Å². The van der Waals surface area contributed by atoms with Crippen LogP contribution in [0.15, 0.2) is 53.1 Å². The molecular weight excluding hydrogens is 326 g/mol. The van der Waals surface area contributed by atoms with Crippen molar-refractivity contribution in [2.24, 2.45) is 0 Å². The highest BCUT2D eigenvalue weighted by Crippen LogP contribution is 2.33. The largest absolute Gasteiger partial charge is 0.454 e. The quantitative estimate of drug-likeness (QED) is 0.648. The fourth-order valence-electron chi connectivity index (χ4n) is 2.21. The molecule has 1 heterocycles. The van der Waals surface area contributed by atoms with E-state index in [1.807, 2.05) is 42.5 Å². The van der Waals surface area contributed by atoms with E-state index in [-0.39, 0.29) is 0 Å². The van der Waals surface area contributed by atoms with Gasteiger partial charge in [0.2, 0.25) is 5.89 Å². The highest BCUT2D eigenvalue weighted by atomic mass is 35.5. The van der Waals surface area contributed by atoms with Crippen LogP contribution in [0.2, 0.25) is 5.02 Å². The summed E-state index contributed by atoms with van der Waals surface area (Å²) in [6, 6.07) is 15.0. The zero-order valence-corrected chi connectivity index (χ0v) is 14.1. The number of aryl methyl sites for hydroxylation is 1. The fourth-order valence-corrected chi connectivity index (χ4v) is 2.38. The molecule has 0 aliphatic rings. The van der Waals surface area contributed by atoms with Gasteiger partial charge in [0.05, 0.1) is 17.3 Å². The van der Waals surface area contributed by atoms with Gasteiger partial charge >= 0.3 is 0 Å². The van der Waals surface area contributed by atoms with Crippen LogP contribution in [-0.4, -0.2) is 10.1 Å². The van der Waals surface area contributed by atoms with Gasteiger partial charge in [0.1, 0.15) is 5.75 Å². The molecule has 0 saturated heterocycles. The predicted octanol–water partition coefficient (Wildman–Crippen LogP) is 5.08. The number of benzene rings is 2. The second-order valence-electron chi connectivity index (χ2n) is 5.24. The zero-order chi connectivity index (χ0) is 16.8. The molecule has 0 radical (unpaired) electrons. The summed E-state index contributed by atoms with van der Waals surface area (Å²) in [6.07, 6.45) is 1.80. The minimum absolute atomic E-state index is 0.430. The van der Waals surface area contributed by atoms with Gasteiger partial charge < -0.3 is 14.6 Å². The lowest BCUT2D eigenvalue weighted by atomic mass is 10.3. The maximum Gasteiger partial charge on any atom is 0.245 e. The van der Waals surface area contributed by atoms with Crippen LogP contribution < -0.4 is 10.1 Å². The van der Waals surface area contributed by atoms with Crippen molar-refractivity contribution in [1.82, 2.24) is 10.1 Å². The first-order valence-electron chi connectivity index (χ1n) is 7.83. The molecule has 5 nitrogen and oxygen atoms in total. The van der Waals surface area contributed by atoms with Crippen LogP contribution in [0.4, 0.5) is 5.69 Å². The number of hydrogen-bond acceptors (Lipinski definition) is 5. The summed E-state index contributed by atoms with van der Waals surface area (Å²) < 4.78 is 11.1. The highest BCUT2D eigenvalue weighted by Gasteiger charge is 2.09. The molecule has 0 aliphatic heterocycles. The molecule has 6 heteroatoms. The number of halogens is 1. The summed E-state index contributed by atoms with van der Waals surface area (Å²) in [5, 5.41) is 7.77. The molecule has 2 aromatic carbocycles. The molecule has 1 aromatic heterocycles. The van der Waals surface area contributed by atoms with Gasteiger partial charge in [0.25, 0.3) is 0 Å². The topological polar surface area (TPSA) is 60.2 Å². The summed E-state index contributed by atoms with van der Waals surface area (Å²) in [4.78, 5) is 4.34. The van der Waals surface area contributed by atoms with Crippen LogP contribution in [0.5, 0.6) is 11.5 Å². The Kier molecular flexibility index (Phi) is 5.33. The average molecular weight is 344 g/mol. The standard InChI is InChI=1S/C18H18ClN3O2/c1-2-7-17-21-18(24-22-17)12-20-14-9-4-6-11-16(14)23-15-10-5-3-8-13(15)19/h3-6,8-11,20H,2,7,12H2,1H3. The zero-order valence-electron chi connectivity index (χ0n) is 13.3. The molecule has 1 N–H and O–H groups in total. The van der Waals surface area contributed by atoms with Gasteiger partial charge in [-0.2, -0.15) is 4.98 Å². The third kappa shape index (κ3) is 4.06. The molecule has 0 aliphatic carbocycles. The van der Waals surface area contributed by atoms with Gasteiger partial charge in [0, 0.05) is 6.42 Å². The minimum Gasteiger partial charge on any atom is -0.454 e. The summed E-state index contributed by atoms with van der Waals surface area (Å²) >= 11 is 6.15. The normalized spacial score (nSPS) is 10.6. The molecule has 0 fully saturated rings. The number of anilines is 1. The second kappa shape index (κ2) is 7.84. The Balaban J connectivity index is 1.70. The third-order valence-corrected chi connectivity index (χ3v) is 3.67. The molecule has 3 aromatic rings. The highest BCUT2D eigenvalue weighted by molar-refractivity contribution is 6.32. The lowest BCUT2D eigenvalue weighted by Crippen LogP contribution is -2.01. The monoisotopic (exact) mass is 343 g/mol. The van der Waals surface area contributed by atoms with Crippen molar-refractivity contribution in [1.29, 1.82) is 0 Å².